The van der Waals surface area contributed by atoms with Crippen LogP contribution in [-0.2, 0) is 16.0 Å². The van der Waals surface area contributed by atoms with Gasteiger partial charge in [-0.2, -0.15) is 0 Å². The van der Waals surface area contributed by atoms with E-state index in [1.807, 2.05) is 30.3 Å². The van der Waals surface area contributed by atoms with Crippen LogP contribution in [-0.4, -0.2) is 24.3 Å². The number of carbonyl (C=O) groups is 3. The summed E-state index contributed by atoms with van der Waals surface area (Å²) < 4.78 is 0. The van der Waals surface area contributed by atoms with Gasteiger partial charge in [0.05, 0.1) is 11.4 Å². The fourth-order valence-corrected chi connectivity index (χ4v) is 3.72. The van der Waals surface area contributed by atoms with Gasteiger partial charge in [0, 0.05) is 22.7 Å². The summed E-state index contributed by atoms with van der Waals surface area (Å²) in [5.74, 6) is -0.590. The number of nitrogens with one attached hydrogen (secondary N) is 2. The molecular weight excluding hydrogens is 426 g/mol. The third-order valence-electron chi connectivity index (χ3n) is 5.21. The highest BCUT2D eigenvalue weighted by molar-refractivity contribution is 6.30. The lowest BCUT2D eigenvalue weighted by molar-refractivity contribution is -0.116. The molecule has 162 valence electrons. The van der Waals surface area contributed by atoms with E-state index in [1.165, 1.54) is 4.90 Å². The minimum Gasteiger partial charge on any atom is -0.326 e. The van der Waals surface area contributed by atoms with E-state index in [1.54, 1.807) is 42.5 Å². The highest BCUT2D eigenvalue weighted by atomic mass is 35.5. The number of halogens is 1. The van der Waals surface area contributed by atoms with Crippen molar-refractivity contribution < 1.29 is 14.4 Å². The molecule has 2 N–H and O–H groups in total. The van der Waals surface area contributed by atoms with Crippen molar-refractivity contribution in [3.63, 3.8) is 0 Å². The standard InChI is InChI=1S/C25H22ClN3O3/c26-19-12-8-17(9-13-19)4-3-7-23(30)27-20-14-10-18(11-15-20)25(32)29-16-24(31)28-21-5-1-2-6-22(21)29/h1-2,5-6,8-15H,3-4,7,16H2,(H,27,30)(H,28,31). The summed E-state index contributed by atoms with van der Waals surface area (Å²) in [6, 6.07) is 21.5. The predicted molar refractivity (Wildman–Crippen MR) is 126 cm³/mol. The van der Waals surface area contributed by atoms with Crippen LogP contribution in [0.2, 0.25) is 5.02 Å². The predicted octanol–water partition coefficient (Wildman–Crippen LogP) is 4.90. The molecule has 3 amide bonds. The van der Waals surface area contributed by atoms with E-state index in [2.05, 4.69) is 10.6 Å². The Morgan fingerprint density at radius 3 is 2.44 bits per heavy atom. The number of hydrogen-bond donors (Lipinski definition) is 2. The van der Waals surface area contributed by atoms with E-state index in [-0.39, 0.29) is 24.3 Å². The first-order chi connectivity index (χ1) is 15.5. The summed E-state index contributed by atoms with van der Waals surface area (Å²) in [4.78, 5) is 38.7. The average Bonchev–Trinajstić information content (AvgIpc) is 2.80. The van der Waals surface area contributed by atoms with Gasteiger partial charge in [0.15, 0.2) is 0 Å². The normalized spacial score (nSPS) is 12.7. The van der Waals surface area contributed by atoms with Gasteiger partial charge in [0.25, 0.3) is 5.91 Å². The van der Waals surface area contributed by atoms with Gasteiger partial charge in [-0.15, -0.1) is 0 Å². The smallest absolute Gasteiger partial charge is 0.258 e. The Morgan fingerprint density at radius 2 is 1.69 bits per heavy atom. The minimum atomic E-state index is -0.270. The molecule has 1 heterocycles. The quantitative estimate of drug-likeness (QED) is 0.564. The second-order valence-corrected chi connectivity index (χ2v) is 8.00. The van der Waals surface area contributed by atoms with Crippen LogP contribution in [0.1, 0.15) is 28.8 Å². The number of nitrogens with zero attached hydrogens (tertiary/aromatic N) is 1. The molecule has 1 aliphatic rings. The maximum atomic E-state index is 13.0. The number of rotatable bonds is 6. The van der Waals surface area contributed by atoms with Crippen molar-refractivity contribution in [2.24, 2.45) is 0 Å². The van der Waals surface area contributed by atoms with Crippen molar-refractivity contribution in [2.75, 3.05) is 22.1 Å². The third kappa shape index (κ3) is 5.15. The molecule has 0 bridgehead atoms. The molecule has 32 heavy (non-hydrogen) atoms. The number of amides is 3. The van der Waals surface area contributed by atoms with E-state index >= 15 is 0 Å². The zero-order chi connectivity index (χ0) is 22.5. The van der Waals surface area contributed by atoms with E-state index < -0.39 is 0 Å². The molecule has 3 aromatic rings. The largest absolute Gasteiger partial charge is 0.326 e. The van der Waals surface area contributed by atoms with E-state index in [4.69, 9.17) is 11.6 Å². The first-order valence-corrected chi connectivity index (χ1v) is 10.7. The number of hydrogen-bond acceptors (Lipinski definition) is 3. The number of carbonyl (C=O) groups excluding carboxylic acids is 3. The molecule has 0 unspecified atom stereocenters. The summed E-state index contributed by atoms with van der Waals surface area (Å²) in [7, 11) is 0. The van der Waals surface area contributed by atoms with Crippen LogP contribution in [0.3, 0.4) is 0 Å². The Morgan fingerprint density at radius 1 is 0.969 bits per heavy atom. The van der Waals surface area contributed by atoms with E-state index in [0.29, 0.717) is 34.1 Å². The third-order valence-corrected chi connectivity index (χ3v) is 5.47. The van der Waals surface area contributed by atoms with E-state index in [9.17, 15) is 14.4 Å². The Balaban J connectivity index is 1.34. The van der Waals surface area contributed by atoms with Crippen LogP contribution in [0.25, 0.3) is 0 Å². The Labute approximate surface area is 191 Å². The van der Waals surface area contributed by atoms with Crippen LogP contribution in [0.4, 0.5) is 17.1 Å². The molecular formula is C25H22ClN3O3. The topological polar surface area (TPSA) is 78.5 Å². The lowest BCUT2D eigenvalue weighted by Gasteiger charge is -2.29. The van der Waals surface area contributed by atoms with Crippen LogP contribution >= 0.6 is 11.6 Å². The number of anilines is 3. The zero-order valence-electron chi connectivity index (χ0n) is 17.3. The second kappa shape index (κ2) is 9.66. The second-order valence-electron chi connectivity index (χ2n) is 7.56. The summed E-state index contributed by atoms with van der Waals surface area (Å²) in [5, 5.41) is 6.32. The van der Waals surface area contributed by atoms with Gasteiger partial charge < -0.3 is 10.6 Å². The van der Waals surface area contributed by atoms with Gasteiger partial charge in [-0.3, -0.25) is 19.3 Å². The van der Waals surface area contributed by atoms with Crippen molar-refractivity contribution in [3.8, 4) is 0 Å². The lowest BCUT2D eigenvalue weighted by atomic mass is 10.1. The molecule has 4 rings (SSSR count). The van der Waals surface area contributed by atoms with Crippen molar-refractivity contribution >= 4 is 46.4 Å². The van der Waals surface area contributed by atoms with Gasteiger partial charge >= 0.3 is 0 Å². The summed E-state index contributed by atoms with van der Waals surface area (Å²) in [5.41, 5.74) is 3.47. The average molecular weight is 448 g/mol. The van der Waals surface area contributed by atoms with Gasteiger partial charge in [0.2, 0.25) is 11.8 Å². The fourth-order valence-electron chi connectivity index (χ4n) is 3.59. The summed E-state index contributed by atoms with van der Waals surface area (Å²) in [6.07, 6.45) is 1.91. The maximum absolute atomic E-state index is 13.0. The number of aryl methyl sites for hydroxylation is 1. The Bertz CT molecular complexity index is 1140. The lowest BCUT2D eigenvalue weighted by Crippen LogP contribution is -2.42. The van der Waals surface area contributed by atoms with Gasteiger partial charge in [-0.1, -0.05) is 35.9 Å². The molecule has 0 spiro atoms. The zero-order valence-corrected chi connectivity index (χ0v) is 18.1. The minimum absolute atomic E-state index is 0.0397. The first kappa shape index (κ1) is 21.6. The number of para-hydroxylation sites is 2. The number of fused-ring (bicyclic) bond motifs is 1. The van der Waals surface area contributed by atoms with Crippen LogP contribution < -0.4 is 15.5 Å². The first-order valence-electron chi connectivity index (χ1n) is 10.3. The summed E-state index contributed by atoms with van der Waals surface area (Å²) in [6.45, 7) is -0.0397. The van der Waals surface area contributed by atoms with Crippen LogP contribution in [0.15, 0.2) is 72.8 Å². The van der Waals surface area contributed by atoms with Crippen molar-refractivity contribution in [2.45, 2.75) is 19.3 Å². The van der Waals surface area contributed by atoms with Gasteiger partial charge in [-0.05, 0) is 66.9 Å². The Hall–Kier alpha value is -3.64. The molecule has 7 heteroatoms. The van der Waals surface area contributed by atoms with Crippen molar-refractivity contribution in [1.29, 1.82) is 0 Å². The van der Waals surface area contributed by atoms with Crippen LogP contribution in [0.5, 0.6) is 0 Å². The summed E-state index contributed by atoms with van der Waals surface area (Å²) >= 11 is 5.88. The number of benzene rings is 3. The molecule has 0 radical (unpaired) electrons. The molecule has 3 aromatic carbocycles. The molecule has 6 nitrogen and oxygen atoms in total. The van der Waals surface area contributed by atoms with Crippen molar-refractivity contribution in [3.05, 3.63) is 88.9 Å². The Kier molecular flexibility index (Phi) is 6.52. The van der Waals surface area contributed by atoms with Gasteiger partial charge in [-0.25, -0.2) is 0 Å². The molecule has 0 aromatic heterocycles. The molecule has 0 aliphatic carbocycles. The molecule has 0 saturated heterocycles. The van der Waals surface area contributed by atoms with Crippen molar-refractivity contribution in [1.82, 2.24) is 0 Å². The SMILES string of the molecule is O=C(CCCc1ccc(Cl)cc1)Nc1ccc(C(=O)N2CC(=O)Nc3ccccc32)cc1. The molecule has 0 atom stereocenters. The molecule has 1 aliphatic heterocycles. The fraction of sp³-hybridized carbons (Fsp3) is 0.160. The highest BCUT2D eigenvalue weighted by Gasteiger charge is 2.27. The van der Waals surface area contributed by atoms with Gasteiger partial charge in [0.1, 0.15) is 6.54 Å². The van der Waals surface area contributed by atoms with E-state index in [0.717, 1.165) is 18.4 Å². The van der Waals surface area contributed by atoms with Crippen LogP contribution in [0, 0.1) is 0 Å². The molecule has 0 saturated carbocycles. The molecule has 0 fully saturated rings. The maximum Gasteiger partial charge on any atom is 0.258 e. The monoisotopic (exact) mass is 447 g/mol. The highest BCUT2D eigenvalue weighted by Crippen LogP contribution is 2.30.